The molecule has 1 amide bonds. The highest BCUT2D eigenvalue weighted by atomic mass is 35.5. The number of aromatic nitrogens is 1. The van der Waals surface area contributed by atoms with E-state index in [0.29, 0.717) is 0 Å². The highest BCUT2D eigenvalue weighted by molar-refractivity contribution is 6.31. The number of ether oxygens (including phenoxy) is 1. The van der Waals surface area contributed by atoms with Crippen molar-refractivity contribution in [2.75, 3.05) is 37.7 Å². The van der Waals surface area contributed by atoms with Crippen LogP contribution < -0.4 is 15.4 Å². The first-order valence-electron chi connectivity index (χ1n) is 16.8. The Labute approximate surface area is 218 Å². The first-order valence-corrected chi connectivity index (χ1v) is 9.16. The topological polar surface area (TPSA) is 90.3 Å². The molecule has 0 aliphatic carbocycles. The van der Waals surface area contributed by atoms with Crippen molar-refractivity contribution in [3.63, 3.8) is 0 Å². The highest BCUT2D eigenvalue weighted by Crippen LogP contribution is 2.36. The molecule has 0 bridgehead atoms. The zero-order valence-electron chi connectivity index (χ0n) is 32.6. The van der Waals surface area contributed by atoms with Gasteiger partial charge in [-0.2, -0.15) is 5.26 Å². The lowest BCUT2D eigenvalue weighted by atomic mass is 10.1. The van der Waals surface area contributed by atoms with Crippen LogP contribution in [-0.4, -0.2) is 42.8 Å². The lowest BCUT2D eigenvalue weighted by Gasteiger charge is -2.16. The number of anilines is 3. The van der Waals surface area contributed by atoms with Gasteiger partial charge in [-0.25, -0.2) is 4.39 Å². The lowest BCUT2D eigenvalue weighted by Crippen LogP contribution is -2.13. The van der Waals surface area contributed by atoms with Crippen LogP contribution in [-0.2, 0) is 4.79 Å². The molecule has 0 aliphatic heterocycles. The number of nitrogens with one attached hydrogen (secondary N) is 2. The average Bonchev–Trinajstić information content (AvgIpc) is 2.97. The van der Waals surface area contributed by atoms with Gasteiger partial charge in [0.15, 0.2) is 0 Å². The van der Waals surface area contributed by atoms with Gasteiger partial charge in [0.1, 0.15) is 17.6 Å². The predicted molar refractivity (Wildman–Crippen MR) is 129 cm³/mol. The summed E-state index contributed by atoms with van der Waals surface area (Å²) >= 11 is 5.82. The fourth-order valence-corrected chi connectivity index (χ4v) is 2.54. The van der Waals surface area contributed by atoms with Crippen LogP contribution >= 0.6 is 11.6 Å². The fourth-order valence-electron chi connectivity index (χ4n) is 2.40. The molecule has 0 fully saturated rings. The van der Waals surface area contributed by atoms with Gasteiger partial charge in [-0.3, -0.25) is 9.78 Å². The second kappa shape index (κ2) is 10.8. The van der Waals surface area contributed by atoms with E-state index in [1.54, 1.807) is 6.07 Å². The van der Waals surface area contributed by atoms with Crippen LogP contribution in [0.3, 0.4) is 0 Å². The third kappa shape index (κ3) is 5.98. The summed E-state index contributed by atoms with van der Waals surface area (Å²) in [6.07, 6.45) is -0.840. The molecule has 0 radical (unpaired) electrons. The van der Waals surface area contributed by atoms with Gasteiger partial charge in [0.2, 0.25) is 5.91 Å². The van der Waals surface area contributed by atoms with Crippen molar-refractivity contribution in [2.45, 2.75) is 6.92 Å². The van der Waals surface area contributed by atoms with Gasteiger partial charge in [0.05, 0.1) is 47.7 Å². The van der Waals surface area contributed by atoms with Crippen LogP contribution in [0.5, 0.6) is 5.75 Å². The molecule has 0 spiro atoms. The number of fused-ring (bicyclic) bond motifs is 1. The molecule has 1 aromatic heterocycles. The molecule has 0 saturated heterocycles. The van der Waals surface area contributed by atoms with Crippen molar-refractivity contribution in [1.29, 1.82) is 5.26 Å². The second-order valence-electron chi connectivity index (χ2n) is 5.91. The SMILES string of the molecule is [2H]/C(CN(C([2H])([2H])[2H])C([2H])([2H])[2H])=C(/[2H])C(=O)Nc1c(OC([2H])([2H])C)c([2H])c2nc([2H])c(C#N)c(Nc3c([2H])c([2H])c(F)c(Cl)c3[2H])c2c1[2H]. The Bertz CT molecular complexity index is 1900. The maximum absolute atomic E-state index is 14.3. The largest absolute Gasteiger partial charge is 0.492 e. The van der Waals surface area contributed by atoms with E-state index in [4.69, 9.17) is 38.3 Å². The first-order chi connectivity index (χ1) is 22.2. The van der Waals surface area contributed by atoms with E-state index in [1.807, 2.05) is 5.32 Å². The first kappa shape index (κ1) is 10.5. The summed E-state index contributed by atoms with van der Waals surface area (Å²) in [5, 5.41) is 12.8. The molecule has 2 aromatic carbocycles. The van der Waals surface area contributed by atoms with Gasteiger partial charge in [0.25, 0.3) is 0 Å². The third-order valence-electron chi connectivity index (χ3n) is 3.69. The van der Waals surface area contributed by atoms with E-state index in [9.17, 15) is 14.4 Å². The standard InChI is InChI=1S/C24H23ClFN5O2/c1-4-33-22-12-20-17(11-21(22)30-23(32)6-5-9-31(2)3)24(15(13-27)14-28-20)29-16-7-8-19(26)18(25)10-16/h5-8,10-12,14H,4,9H2,1-3H3,(H,28,29)(H,30,32)/b6-5+/i2D3,3D3,4D2,5D,6D,7D,8D,10D,11D,12D,14D. The summed E-state index contributed by atoms with van der Waals surface area (Å²) in [6.45, 7) is -9.56. The van der Waals surface area contributed by atoms with Gasteiger partial charge >= 0.3 is 0 Å². The van der Waals surface area contributed by atoms with E-state index < -0.39 is 132 Å². The number of hydrogen-bond donors (Lipinski definition) is 2. The molecule has 0 atom stereocenters. The zero-order chi connectivity index (χ0) is 37.7. The summed E-state index contributed by atoms with van der Waals surface area (Å²) in [5.41, 5.74) is -3.47. The molecule has 7 nitrogen and oxygen atoms in total. The summed E-state index contributed by atoms with van der Waals surface area (Å²) in [6, 6.07) is -5.52. The number of benzene rings is 2. The molecule has 9 heteroatoms. The van der Waals surface area contributed by atoms with E-state index in [2.05, 4.69) is 10.3 Å². The number of nitrogens with zero attached hydrogens (tertiary/aromatic N) is 3. The highest BCUT2D eigenvalue weighted by Gasteiger charge is 2.15. The van der Waals surface area contributed by atoms with E-state index in [-0.39, 0.29) is 4.90 Å². The molecule has 1 heterocycles. The predicted octanol–water partition coefficient (Wildman–Crippen LogP) is 5.10. The Balaban J connectivity index is 2.38. The minimum atomic E-state index is -3.28. The zero-order valence-corrected chi connectivity index (χ0v) is 17.4. The molecule has 3 aromatic rings. The number of halogens is 2. The van der Waals surface area contributed by atoms with E-state index >= 15 is 0 Å². The van der Waals surface area contributed by atoms with Crippen molar-refractivity contribution >= 4 is 45.5 Å². The van der Waals surface area contributed by atoms with Gasteiger partial charge < -0.3 is 20.3 Å². The van der Waals surface area contributed by atoms with Crippen molar-refractivity contribution in [3.8, 4) is 11.8 Å². The molecular weight excluding hydrogens is 445 g/mol. The number of likely N-dealkylation sites (N-methyl/N-ethyl adjacent to an activating group) is 1. The summed E-state index contributed by atoms with van der Waals surface area (Å²) in [5.74, 6) is -3.89. The summed E-state index contributed by atoms with van der Waals surface area (Å²) in [4.78, 5) is 16.9. The van der Waals surface area contributed by atoms with Crippen LogP contribution in [0.2, 0.25) is 5.02 Å². The third-order valence-corrected chi connectivity index (χ3v) is 3.95. The summed E-state index contributed by atoms with van der Waals surface area (Å²) < 4.78 is 146. The van der Waals surface area contributed by atoms with Crippen molar-refractivity contribution in [1.82, 2.24) is 9.88 Å². The molecule has 170 valence electrons. The summed E-state index contributed by atoms with van der Waals surface area (Å²) in [7, 11) is 0. The van der Waals surface area contributed by atoms with Gasteiger partial charge in [-0.1, -0.05) is 17.7 Å². The van der Waals surface area contributed by atoms with Crippen molar-refractivity contribution in [2.24, 2.45) is 0 Å². The molecule has 2 N–H and O–H groups in total. The Kier molecular flexibility index (Phi) is 3.43. The number of nitriles is 1. The molecule has 0 aliphatic rings. The van der Waals surface area contributed by atoms with Gasteiger partial charge in [-0.15, -0.1) is 0 Å². The smallest absolute Gasteiger partial charge is 0.248 e. The fraction of sp³-hybridized carbons (Fsp3) is 0.208. The minimum Gasteiger partial charge on any atom is -0.492 e. The van der Waals surface area contributed by atoms with E-state index in [1.165, 1.54) is 0 Å². The van der Waals surface area contributed by atoms with Crippen LogP contribution in [0.1, 0.15) is 34.4 Å². The number of amides is 1. The average molecular weight is 484 g/mol. The normalized spacial score (nSPS) is 19.8. The van der Waals surface area contributed by atoms with Gasteiger partial charge in [0, 0.05) is 44.1 Å². The van der Waals surface area contributed by atoms with Crippen LogP contribution in [0.4, 0.5) is 21.5 Å². The molecule has 0 saturated carbocycles. The van der Waals surface area contributed by atoms with E-state index in [0.717, 1.165) is 6.92 Å². The molecule has 33 heavy (non-hydrogen) atoms. The molecule has 3 rings (SSSR count). The molecule has 0 unspecified atom stereocenters. The molecular formula is C24H23ClFN5O2. The van der Waals surface area contributed by atoms with Crippen molar-refractivity contribution < 1.29 is 35.9 Å². The maximum Gasteiger partial charge on any atom is 0.248 e. The monoisotopic (exact) mass is 483 g/mol. The quantitative estimate of drug-likeness (QED) is 0.433. The number of pyridine rings is 1. The Hall–Kier alpha value is -3.67. The van der Waals surface area contributed by atoms with Crippen LogP contribution in [0.15, 0.2) is 48.5 Å². The lowest BCUT2D eigenvalue weighted by molar-refractivity contribution is -0.111. The number of hydrogen-bond acceptors (Lipinski definition) is 6. The number of carbonyl (C=O) groups excluding carboxylic acids is 1. The van der Waals surface area contributed by atoms with Gasteiger partial charge in [-0.05, 0) is 45.0 Å². The second-order valence-corrected chi connectivity index (χ2v) is 6.29. The Morgan fingerprint density at radius 3 is 3.03 bits per heavy atom. The minimum absolute atomic E-state index is 0.102. The number of carbonyl (C=O) groups is 1. The Morgan fingerprint density at radius 2 is 2.30 bits per heavy atom. The Morgan fingerprint density at radius 1 is 1.48 bits per heavy atom. The number of rotatable bonds is 8. The maximum atomic E-state index is 14.3. The van der Waals surface area contributed by atoms with Crippen LogP contribution in [0, 0.1) is 17.1 Å². The van der Waals surface area contributed by atoms with Crippen LogP contribution in [0.25, 0.3) is 10.9 Å². The van der Waals surface area contributed by atoms with Crippen molar-refractivity contribution in [3.05, 3.63) is 64.9 Å².